The van der Waals surface area contributed by atoms with Gasteiger partial charge in [-0.25, -0.2) is 0 Å². The lowest BCUT2D eigenvalue weighted by molar-refractivity contribution is -0.117. The maximum atomic E-state index is 12.5. The topological polar surface area (TPSA) is 39.2 Å². The average Bonchev–Trinajstić information content (AvgIpc) is 3.09. The van der Waals surface area contributed by atoms with Crippen LogP contribution in [0.1, 0.15) is 25.3 Å². The fourth-order valence-electron chi connectivity index (χ4n) is 4.19. The highest BCUT2D eigenvalue weighted by Gasteiger charge is 2.43. The van der Waals surface area contributed by atoms with E-state index >= 15 is 0 Å². The van der Waals surface area contributed by atoms with Gasteiger partial charge in [-0.1, -0.05) is 19.1 Å². The third kappa shape index (κ3) is 2.34. The summed E-state index contributed by atoms with van der Waals surface area (Å²) in [4.78, 5) is 24.1. The number of hydrogen-bond donors (Lipinski definition) is 0. The molecule has 0 radical (unpaired) electrons. The molecule has 1 aromatic carbocycles. The van der Waals surface area contributed by atoms with Crippen LogP contribution in [0.4, 0.5) is 5.69 Å². The van der Waals surface area contributed by atoms with Crippen LogP contribution in [0.15, 0.2) is 29.3 Å². The van der Waals surface area contributed by atoms with Crippen molar-refractivity contribution in [2.45, 2.75) is 31.8 Å². The molecule has 2 atom stereocenters. The van der Waals surface area contributed by atoms with Crippen molar-refractivity contribution in [1.29, 1.82) is 0 Å². The average molecular weight is 312 g/mol. The Labute approximate surface area is 137 Å². The van der Waals surface area contributed by atoms with Crippen LogP contribution in [0.3, 0.4) is 0 Å². The van der Waals surface area contributed by atoms with Gasteiger partial charge in [0.25, 0.3) is 0 Å². The van der Waals surface area contributed by atoms with Crippen molar-refractivity contribution in [3.63, 3.8) is 0 Å². The highest BCUT2D eigenvalue weighted by atomic mass is 16.2. The number of fused-ring (bicyclic) bond motifs is 3. The number of anilines is 1. The standard InChI is InChI=1S/C18H24N4O/c1-3-8-21-16-7-5-4-6-15(16)18(19-10-17(21)23)22-12-13-9-14(22)11-20(13)2/h4-7,13-14H,3,8-12H2,1-2H3/t13-,14-/m0/s1. The summed E-state index contributed by atoms with van der Waals surface area (Å²) >= 11 is 0. The minimum atomic E-state index is 0.107. The molecule has 2 fully saturated rings. The maximum Gasteiger partial charge on any atom is 0.248 e. The summed E-state index contributed by atoms with van der Waals surface area (Å²) in [6, 6.07) is 9.40. The van der Waals surface area contributed by atoms with Crippen molar-refractivity contribution in [3.05, 3.63) is 29.8 Å². The molecular weight excluding hydrogens is 288 g/mol. The highest BCUT2D eigenvalue weighted by molar-refractivity contribution is 6.11. The fourth-order valence-corrected chi connectivity index (χ4v) is 4.19. The van der Waals surface area contributed by atoms with Crippen molar-refractivity contribution in [1.82, 2.24) is 9.80 Å². The maximum absolute atomic E-state index is 12.5. The molecule has 2 saturated heterocycles. The molecule has 0 aliphatic carbocycles. The molecule has 2 bridgehead atoms. The first-order valence-electron chi connectivity index (χ1n) is 8.60. The number of amidine groups is 1. The molecule has 1 aromatic rings. The second kappa shape index (κ2) is 5.64. The molecule has 1 amide bonds. The van der Waals surface area contributed by atoms with Gasteiger partial charge in [0.15, 0.2) is 0 Å². The van der Waals surface area contributed by atoms with Crippen molar-refractivity contribution >= 4 is 17.4 Å². The number of carbonyl (C=O) groups excluding carboxylic acids is 1. The Balaban J connectivity index is 1.73. The predicted molar refractivity (Wildman–Crippen MR) is 92.0 cm³/mol. The molecule has 0 spiro atoms. The first-order valence-corrected chi connectivity index (χ1v) is 8.60. The summed E-state index contributed by atoms with van der Waals surface area (Å²) in [5.41, 5.74) is 2.13. The van der Waals surface area contributed by atoms with Crippen molar-refractivity contribution in [2.24, 2.45) is 4.99 Å². The molecule has 0 N–H and O–H groups in total. The lowest BCUT2D eigenvalue weighted by Crippen LogP contribution is -2.47. The van der Waals surface area contributed by atoms with E-state index in [0.29, 0.717) is 12.1 Å². The van der Waals surface area contributed by atoms with Crippen LogP contribution in [-0.4, -0.2) is 66.9 Å². The summed E-state index contributed by atoms with van der Waals surface area (Å²) in [5.74, 6) is 1.13. The minimum Gasteiger partial charge on any atom is -0.350 e. The molecule has 5 heteroatoms. The monoisotopic (exact) mass is 312 g/mol. The Morgan fingerprint density at radius 3 is 2.74 bits per heavy atom. The molecule has 3 aliphatic rings. The SMILES string of the molecule is CCCN1C(=O)CN=C(N2C[C@@H]3C[C@H]2CN3C)c2ccccc21. The zero-order valence-electron chi connectivity index (χ0n) is 13.9. The lowest BCUT2D eigenvalue weighted by atomic mass is 10.1. The van der Waals surface area contributed by atoms with E-state index in [1.807, 2.05) is 11.0 Å². The summed E-state index contributed by atoms with van der Waals surface area (Å²) in [7, 11) is 2.21. The molecule has 0 aromatic heterocycles. The van der Waals surface area contributed by atoms with Gasteiger partial charge >= 0.3 is 0 Å². The Morgan fingerprint density at radius 2 is 2.04 bits per heavy atom. The number of piperazine rings is 1. The number of benzodiazepines with no additional fused rings is 1. The van der Waals surface area contributed by atoms with Gasteiger partial charge in [0.1, 0.15) is 12.4 Å². The number of likely N-dealkylation sites (tertiary alicyclic amines) is 2. The molecule has 0 unspecified atom stereocenters. The van der Waals surface area contributed by atoms with E-state index in [9.17, 15) is 4.79 Å². The van der Waals surface area contributed by atoms with Gasteiger partial charge in [-0.3, -0.25) is 14.7 Å². The van der Waals surface area contributed by atoms with Crippen molar-refractivity contribution < 1.29 is 4.79 Å². The highest BCUT2D eigenvalue weighted by Crippen LogP contribution is 2.33. The van der Waals surface area contributed by atoms with Gasteiger partial charge < -0.3 is 9.80 Å². The van der Waals surface area contributed by atoms with Crippen molar-refractivity contribution in [3.8, 4) is 0 Å². The van der Waals surface area contributed by atoms with Crippen LogP contribution in [0.2, 0.25) is 0 Å². The second-order valence-corrected chi connectivity index (χ2v) is 6.84. The summed E-state index contributed by atoms with van der Waals surface area (Å²) in [6.07, 6.45) is 2.17. The summed E-state index contributed by atoms with van der Waals surface area (Å²) in [6.45, 7) is 5.24. The number of amides is 1. The van der Waals surface area contributed by atoms with Crippen LogP contribution in [0, 0.1) is 0 Å². The number of benzene rings is 1. The van der Waals surface area contributed by atoms with Gasteiger partial charge in [0.05, 0.1) is 5.69 Å². The first-order chi connectivity index (χ1) is 11.2. The van der Waals surface area contributed by atoms with Crippen LogP contribution < -0.4 is 4.90 Å². The lowest BCUT2D eigenvalue weighted by Gasteiger charge is -2.34. The normalized spacial score (nSPS) is 27.2. The zero-order chi connectivity index (χ0) is 16.0. The Bertz CT molecular complexity index is 654. The van der Waals surface area contributed by atoms with Gasteiger partial charge in [0, 0.05) is 37.3 Å². The van der Waals surface area contributed by atoms with Gasteiger partial charge in [0.2, 0.25) is 5.91 Å². The van der Waals surface area contributed by atoms with E-state index in [0.717, 1.165) is 43.1 Å². The third-order valence-electron chi connectivity index (χ3n) is 5.33. The fraction of sp³-hybridized carbons (Fsp3) is 0.556. The van der Waals surface area contributed by atoms with Crippen LogP contribution >= 0.6 is 0 Å². The molecule has 4 rings (SSSR count). The Hall–Kier alpha value is -1.88. The first kappa shape index (κ1) is 14.7. The molecule has 3 heterocycles. The quantitative estimate of drug-likeness (QED) is 0.832. The van der Waals surface area contributed by atoms with Crippen molar-refractivity contribution in [2.75, 3.05) is 38.1 Å². The van der Waals surface area contributed by atoms with E-state index in [-0.39, 0.29) is 12.5 Å². The van der Waals surface area contributed by atoms with Gasteiger partial charge in [-0.2, -0.15) is 0 Å². The number of para-hydroxylation sites is 1. The number of likely N-dealkylation sites (N-methyl/N-ethyl adjacent to an activating group) is 1. The second-order valence-electron chi connectivity index (χ2n) is 6.84. The molecule has 23 heavy (non-hydrogen) atoms. The van der Waals surface area contributed by atoms with Crippen LogP contribution in [-0.2, 0) is 4.79 Å². The number of nitrogens with zero attached hydrogens (tertiary/aromatic N) is 4. The number of hydrogen-bond acceptors (Lipinski definition) is 4. The van der Waals surface area contributed by atoms with E-state index in [1.165, 1.54) is 6.42 Å². The number of aliphatic imine (C=N–C) groups is 1. The zero-order valence-corrected chi connectivity index (χ0v) is 13.9. The molecule has 0 saturated carbocycles. The minimum absolute atomic E-state index is 0.107. The van der Waals surface area contributed by atoms with E-state index in [4.69, 9.17) is 4.99 Å². The van der Waals surface area contributed by atoms with Crippen LogP contribution in [0.5, 0.6) is 0 Å². The third-order valence-corrected chi connectivity index (χ3v) is 5.33. The van der Waals surface area contributed by atoms with E-state index < -0.39 is 0 Å². The summed E-state index contributed by atoms with van der Waals surface area (Å²) < 4.78 is 0. The smallest absolute Gasteiger partial charge is 0.248 e. The van der Waals surface area contributed by atoms with Gasteiger partial charge in [-0.05, 0) is 32.0 Å². The molecular formula is C18H24N4O. The number of carbonyl (C=O) groups is 1. The largest absolute Gasteiger partial charge is 0.350 e. The number of rotatable bonds is 2. The molecule has 3 aliphatic heterocycles. The van der Waals surface area contributed by atoms with Gasteiger partial charge in [-0.15, -0.1) is 0 Å². The molecule has 5 nitrogen and oxygen atoms in total. The van der Waals surface area contributed by atoms with Crippen LogP contribution in [0.25, 0.3) is 0 Å². The Kier molecular flexibility index (Phi) is 3.60. The van der Waals surface area contributed by atoms with E-state index in [1.54, 1.807) is 0 Å². The predicted octanol–water partition coefficient (Wildman–Crippen LogP) is 1.58. The van der Waals surface area contributed by atoms with E-state index in [2.05, 4.69) is 42.0 Å². The summed E-state index contributed by atoms with van der Waals surface area (Å²) in [5, 5.41) is 0. The Morgan fingerprint density at radius 1 is 1.22 bits per heavy atom. The molecule has 122 valence electrons.